The van der Waals surface area contributed by atoms with Crippen LogP contribution < -0.4 is 4.74 Å². The molecule has 0 aliphatic rings. The van der Waals surface area contributed by atoms with E-state index < -0.39 is 5.97 Å². The van der Waals surface area contributed by atoms with Gasteiger partial charge in [-0.05, 0) is 24.3 Å². The largest absolute Gasteiger partial charge is 0.427 e. The van der Waals surface area contributed by atoms with Crippen LogP contribution in [0, 0.1) is 0 Å². The van der Waals surface area contributed by atoms with Crippen LogP contribution in [0.15, 0.2) is 48.5 Å². The first-order valence-electron chi connectivity index (χ1n) is 5.98. The zero-order valence-electron chi connectivity index (χ0n) is 10.8. The second-order valence-electron chi connectivity index (χ2n) is 4.19. The Morgan fingerprint density at radius 3 is 1.85 bits per heavy atom. The Morgan fingerprint density at radius 2 is 1.40 bits per heavy atom. The van der Waals surface area contributed by atoms with Crippen LogP contribution >= 0.6 is 0 Å². The summed E-state index contributed by atoms with van der Waals surface area (Å²) in [6.07, 6.45) is 0.724. The summed E-state index contributed by atoms with van der Waals surface area (Å²) >= 11 is 0. The molecule has 2 aromatic rings. The lowest BCUT2D eigenvalue weighted by molar-refractivity contribution is -0.131. The predicted molar refractivity (Wildman–Crippen MR) is 73.0 cm³/mol. The van der Waals surface area contributed by atoms with Crippen LogP contribution in [0.5, 0.6) is 5.75 Å². The maximum atomic E-state index is 12.2. The van der Waals surface area contributed by atoms with Crippen molar-refractivity contribution >= 4 is 18.0 Å². The van der Waals surface area contributed by atoms with Gasteiger partial charge in [-0.3, -0.25) is 14.4 Å². The van der Waals surface area contributed by atoms with Crippen molar-refractivity contribution in [2.45, 2.75) is 6.92 Å². The van der Waals surface area contributed by atoms with Crippen molar-refractivity contribution in [1.82, 2.24) is 0 Å². The van der Waals surface area contributed by atoms with E-state index in [1.165, 1.54) is 6.92 Å². The third-order valence-electron chi connectivity index (χ3n) is 2.69. The second-order valence-corrected chi connectivity index (χ2v) is 4.19. The fourth-order valence-electron chi connectivity index (χ4n) is 1.72. The molecule has 0 fully saturated rings. The van der Waals surface area contributed by atoms with E-state index in [2.05, 4.69) is 0 Å². The van der Waals surface area contributed by atoms with Gasteiger partial charge in [-0.1, -0.05) is 24.3 Å². The average molecular weight is 268 g/mol. The number of ether oxygens (including phenoxy) is 1. The summed E-state index contributed by atoms with van der Waals surface area (Å²) < 4.78 is 4.90. The first-order valence-corrected chi connectivity index (χ1v) is 5.98. The van der Waals surface area contributed by atoms with Crippen LogP contribution in [-0.2, 0) is 4.79 Å². The van der Waals surface area contributed by atoms with Gasteiger partial charge in [0.15, 0.2) is 5.78 Å². The van der Waals surface area contributed by atoms with Crippen molar-refractivity contribution in [3.63, 3.8) is 0 Å². The highest BCUT2D eigenvalue weighted by atomic mass is 16.5. The minimum absolute atomic E-state index is 0.156. The molecule has 0 unspecified atom stereocenters. The van der Waals surface area contributed by atoms with Crippen LogP contribution in [0.4, 0.5) is 0 Å². The molecule has 4 nitrogen and oxygen atoms in total. The quantitative estimate of drug-likeness (QED) is 0.370. The van der Waals surface area contributed by atoms with Gasteiger partial charge in [-0.15, -0.1) is 0 Å². The monoisotopic (exact) mass is 268 g/mol. The van der Waals surface area contributed by atoms with Gasteiger partial charge in [0, 0.05) is 23.6 Å². The smallest absolute Gasteiger partial charge is 0.308 e. The van der Waals surface area contributed by atoms with Crippen LogP contribution in [0.2, 0.25) is 0 Å². The number of benzene rings is 2. The van der Waals surface area contributed by atoms with Crippen molar-refractivity contribution < 1.29 is 19.1 Å². The van der Waals surface area contributed by atoms with Crippen molar-refractivity contribution in [1.29, 1.82) is 0 Å². The van der Waals surface area contributed by atoms with Gasteiger partial charge in [0.25, 0.3) is 0 Å². The van der Waals surface area contributed by atoms with Gasteiger partial charge in [-0.25, -0.2) is 0 Å². The topological polar surface area (TPSA) is 60.4 Å². The molecule has 0 atom stereocenters. The number of carbonyl (C=O) groups is 3. The summed E-state index contributed by atoms with van der Waals surface area (Å²) in [6.45, 7) is 1.31. The van der Waals surface area contributed by atoms with E-state index in [0.717, 1.165) is 6.29 Å². The third kappa shape index (κ3) is 3.17. The molecule has 100 valence electrons. The lowest BCUT2D eigenvalue weighted by Gasteiger charge is -2.04. The third-order valence-corrected chi connectivity index (χ3v) is 2.69. The summed E-state index contributed by atoms with van der Waals surface area (Å²) in [5.41, 5.74) is 1.50. The lowest BCUT2D eigenvalue weighted by atomic mass is 10.0. The zero-order valence-corrected chi connectivity index (χ0v) is 10.8. The fourth-order valence-corrected chi connectivity index (χ4v) is 1.72. The molecule has 2 rings (SSSR count). The molecule has 0 aromatic heterocycles. The van der Waals surface area contributed by atoms with Crippen molar-refractivity contribution in [2.75, 3.05) is 0 Å². The van der Waals surface area contributed by atoms with E-state index in [1.807, 2.05) is 0 Å². The molecule has 0 aliphatic heterocycles. The SMILES string of the molecule is CC(=O)Oc1ccc(C(=O)c2ccc(C=O)cc2)cc1. The van der Waals surface area contributed by atoms with Gasteiger partial charge in [0.1, 0.15) is 12.0 Å². The standard InChI is InChI=1S/C16H12O4/c1-11(18)20-15-8-6-14(7-9-15)16(19)13-4-2-12(10-17)3-5-13/h2-10H,1H3. The first-order chi connectivity index (χ1) is 9.60. The Balaban J connectivity index is 2.19. The maximum absolute atomic E-state index is 12.2. The van der Waals surface area contributed by atoms with Crippen molar-refractivity contribution in [2.24, 2.45) is 0 Å². The van der Waals surface area contributed by atoms with E-state index in [4.69, 9.17) is 4.74 Å². The minimum atomic E-state index is -0.409. The molecule has 0 aliphatic carbocycles. The molecular weight excluding hydrogens is 256 g/mol. The molecule has 0 heterocycles. The first kappa shape index (κ1) is 13.7. The molecule has 0 radical (unpaired) electrons. The summed E-state index contributed by atoms with van der Waals surface area (Å²) in [5.74, 6) is -0.171. The molecule has 0 spiro atoms. The summed E-state index contributed by atoms with van der Waals surface area (Å²) in [7, 11) is 0. The molecule has 4 heteroatoms. The van der Waals surface area contributed by atoms with Crippen LogP contribution in [0.3, 0.4) is 0 Å². The van der Waals surface area contributed by atoms with Gasteiger partial charge >= 0.3 is 5.97 Å². The van der Waals surface area contributed by atoms with E-state index >= 15 is 0 Å². The molecule has 0 bridgehead atoms. The van der Waals surface area contributed by atoms with E-state index in [-0.39, 0.29) is 5.78 Å². The summed E-state index contributed by atoms with van der Waals surface area (Å²) in [4.78, 5) is 33.5. The van der Waals surface area contributed by atoms with Crippen LogP contribution in [0.25, 0.3) is 0 Å². The highest BCUT2D eigenvalue weighted by Crippen LogP contribution is 2.16. The second kappa shape index (κ2) is 5.93. The van der Waals surface area contributed by atoms with E-state index in [9.17, 15) is 14.4 Å². The summed E-state index contributed by atoms with van der Waals surface area (Å²) in [5, 5.41) is 0. The van der Waals surface area contributed by atoms with Gasteiger partial charge < -0.3 is 4.74 Å². The Morgan fingerprint density at radius 1 is 0.900 bits per heavy atom. The zero-order chi connectivity index (χ0) is 14.5. The normalized spacial score (nSPS) is 9.85. The molecular formula is C16H12O4. The minimum Gasteiger partial charge on any atom is -0.427 e. The number of aldehydes is 1. The van der Waals surface area contributed by atoms with Crippen LogP contribution in [-0.4, -0.2) is 18.0 Å². The Bertz CT molecular complexity index is 639. The number of hydrogen-bond donors (Lipinski definition) is 0. The highest BCUT2D eigenvalue weighted by molar-refractivity contribution is 6.09. The van der Waals surface area contributed by atoms with Gasteiger partial charge in [-0.2, -0.15) is 0 Å². The molecule has 0 saturated heterocycles. The average Bonchev–Trinajstić information content (AvgIpc) is 2.47. The fraction of sp³-hybridized carbons (Fsp3) is 0.0625. The Hall–Kier alpha value is -2.75. The number of rotatable bonds is 4. The van der Waals surface area contributed by atoms with E-state index in [1.54, 1.807) is 48.5 Å². The highest BCUT2D eigenvalue weighted by Gasteiger charge is 2.09. The van der Waals surface area contributed by atoms with Crippen molar-refractivity contribution in [3.8, 4) is 5.75 Å². The Kier molecular flexibility index (Phi) is 4.05. The number of carbonyl (C=O) groups excluding carboxylic acids is 3. The molecule has 0 N–H and O–H groups in total. The number of hydrogen-bond acceptors (Lipinski definition) is 4. The lowest BCUT2D eigenvalue weighted by Crippen LogP contribution is -2.03. The molecule has 0 amide bonds. The maximum Gasteiger partial charge on any atom is 0.308 e. The Labute approximate surface area is 116 Å². The number of esters is 1. The summed E-state index contributed by atoms with van der Waals surface area (Å²) in [6, 6.07) is 12.7. The van der Waals surface area contributed by atoms with E-state index in [0.29, 0.717) is 22.4 Å². The predicted octanol–water partition coefficient (Wildman–Crippen LogP) is 2.66. The van der Waals surface area contributed by atoms with Gasteiger partial charge in [0.2, 0.25) is 0 Å². The van der Waals surface area contributed by atoms with Gasteiger partial charge in [0.05, 0.1) is 0 Å². The number of ketones is 1. The molecule has 20 heavy (non-hydrogen) atoms. The molecule has 2 aromatic carbocycles. The molecule has 0 saturated carbocycles. The van der Waals surface area contributed by atoms with Crippen molar-refractivity contribution in [3.05, 3.63) is 65.2 Å². The van der Waals surface area contributed by atoms with Crippen LogP contribution in [0.1, 0.15) is 33.2 Å².